The van der Waals surface area contributed by atoms with Crippen LogP contribution in [0.1, 0.15) is 12.8 Å². The van der Waals surface area contributed by atoms with Crippen LogP contribution in [0.4, 0.5) is 10.1 Å². The monoisotopic (exact) mass is 301 g/mol. The molecular weight excluding hydrogens is 289 g/mol. The number of phenols is 1. The number of nitrogens with zero attached hydrogens (tertiary/aromatic N) is 2. The van der Waals surface area contributed by atoms with Gasteiger partial charge in [0.15, 0.2) is 17.4 Å². The number of aromatic nitrogens is 4. The molecule has 8 heteroatoms. The first-order valence-electron chi connectivity index (χ1n) is 6.84. The molecule has 3 aromatic rings. The van der Waals surface area contributed by atoms with Gasteiger partial charge >= 0.3 is 0 Å². The molecule has 4 N–H and O–H groups in total. The number of H-pyrrole nitrogens is 2. The van der Waals surface area contributed by atoms with Gasteiger partial charge in [-0.25, -0.2) is 9.37 Å². The van der Waals surface area contributed by atoms with E-state index in [9.17, 15) is 14.3 Å². The summed E-state index contributed by atoms with van der Waals surface area (Å²) in [5.41, 5.74) is 1.88. The van der Waals surface area contributed by atoms with Crippen LogP contribution in [0.5, 0.6) is 5.75 Å². The van der Waals surface area contributed by atoms with E-state index in [1.54, 1.807) is 0 Å². The minimum Gasteiger partial charge on any atom is -0.505 e. The fourth-order valence-electron chi connectivity index (χ4n) is 2.28. The van der Waals surface area contributed by atoms with Crippen LogP contribution in [0, 0.1) is 11.7 Å². The van der Waals surface area contributed by atoms with E-state index < -0.39 is 11.6 Å². The van der Waals surface area contributed by atoms with Gasteiger partial charge in [0, 0.05) is 18.1 Å². The van der Waals surface area contributed by atoms with Crippen molar-refractivity contribution in [3.05, 3.63) is 24.1 Å². The van der Waals surface area contributed by atoms with Crippen LogP contribution in [-0.4, -0.2) is 31.2 Å². The number of phenolic OH excluding ortho intramolecular Hbond substituents is 1. The highest BCUT2D eigenvalue weighted by Gasteiger charge is 2.30. The highest BCUT2D eigenvalue weighted by molar-refractivity contribution is 5.97. The summed E-state index contributed by atoms with van der Waals surface area (Å²) >= 11 is 0. The molecule has 0 saturated heterocycles. The van der Waals surface area contributed by atoms with E-state index in [0.717, 1.165) is 12.8 Å². The van der Waals surface area contributed by atoms with Gasteiger partial charge in [-0.1, -0.05) is 0 Å². The molecule has 0 bridgehead atoms. The number of hydrogen-bond donors (Lipinski definition) is 4. The fourth-order valence-corrected chi connectivity index (χ4v) is 2.28. The summed E-state index contributed by atoms with van der Waals surface area (Å²) in [5, 5.41) is 18.9. The third kappa shape index (κ3) is 2.09. The molecule has 1 aliphatic rings. The first-order chi connectivity index (χ1) is 10.6. The van der Waals surface area contributed by atoms with E-state index in [4.69, 9.17) is 0 Å². The van der Waals surface area contributed by atoms with E-state index in [2.05, 4.69) is 25.5 Å². The number of rotatable bonds is 3. The lowest BCUT2D eigenvalue weighted by molar-refractivity contribution is -0.117. The van der Waals surface area contributed by atoms with Gasteiger partial charge in [0.2, 0.25) is 5.91 Å². The Labute approximate surface area is 123 Å². The SMILES string of the molecule is O=C(Nc1cn[nH]c1-c1nc2cc(O)c(F)cc2[nH]1)C1CC1. The number of aromatic amines is 2. The van der Waals surface area contributed by atoms with E-state index >= 15 is 0 Å². The number of imidazole rings is 1. The van der Waals surface area contributed by atoms with Gasteiger partial charge in [-0.05, 0) is 12.8 Å². The maximum atomic E-state index is 13.4. The molecule has 1 fully saturated rings. The molecule has 1 saturated carbocycles. The van der Waals surface area contributed by atoms with Crippen LogP contribution in [0.3, 0.4) is 0 Å². The lowest BCUT2D eigenvalue weighted by atomic mass is 10.3. The maximum Gasteiger partial charge on any atom is 0.227 e. The third-order valence-electron chi connectivity index (χ3n) is 3.63. The van der Waals surface area contributed by atoms with E-state index in [0.29, 0.717) is 28.2 Å². The molecule has 0 atom stereocenters. The van der Waals surface area contributed by atoms with Gasteiger partial charge in [0.1, 0.15) is 5.69 Å². The first-order valence-corrected chi connectivity index (χ1v) is 6.84. The van der Waals surface area contributed by atoms with Crippen LogP contribution in [0.15, 0.2) is 18.3 Å². The molecule has 2 aromatic heterocycles. The molecule has 0 spiro atoms. The van der Waals surface area contributed by atoms with Crippen molar-refractivity contribution >= 4 is 22.6 Å². The van der Waals surface area contributed by atoms with Crippen molar-refractivity contribution in [2.45, 2.75) is 12.8 Å². The predicted molar refractivity (Wildman–Crippen MR) is 76.7 cm³/mol. The Bertz CT molecular complexity index is 842. The van der Waals surface area contributed by atoms with Crippen molar-refractivity contribution in [1.29, 1.82) is 0 Å². The average Bonchev–Trinajstić information content (AvgIpc) is 3.12. The van der Waals surface area contributed by atoms with Crippen molar-refractivity contribution < 1.29 is 14.3 Å². The Balaban J connectivity index is 1.72. The lowest BCUT2D eigenvalue weighted by Crippen LogP contribution is -2.13. The number of fused-ring (bicyclic) bond motifs is 1. The van der Waals surface area contributed by atoms with Crippen LogP contribution < -0.4 is 5.32 Å². The zero-order valence-corrected chi connectivity index (χ0v) is 11.4. The zero-order valence-electron chi connectivity index (χ0n) is 11.4. The smallest absolute Gasteiger partial charge is 0.227 e. The number of benzene rings is 1. The summed E-state index contributed by atoms with van der Waals surface area (Å²) in [6.45, 7) is 0. The molecule has 112 valence electrons. The lowest BCUT2D eigenvalue weighted by Gasteiger charge is -2.02. The Morgan fingerprint density at radius 2 is 2.23 bits per heavy atom. The van der Waals surface area contributed by atoms with Crippen LogP contribution >= 0.6 is 0 Å². The van der Waals surface area contributed by atoms with Gasteiger partial charge in [0.05, 0.1) is 22.9 Å². The number of aromatic hydroxyl groups is 1. The van der Waals surface area contributed by atoms with Gasteiger partial charge in [0.25, 0.3) is 0 Å². The van der Waals surface area contributed by atoms with Crippen molar-refractivity contribution in [2.75, 3.05) is 5.32 Å². The Morgan fingerprint density at radius 3 is 3.00 bits per heavy atom. The highest BCUT2D eigenvalue weighted by Crippen LogP contribution is 2.32. The van der Waals surface area contributed by atoms with E-state index in [1.807, 2.05) is 0 Å². The molecule has 0 unspecified atom stereocenters. The molecule has 2 heterocycles. The van der Waals surface area contributed by atoms with Crippen molar-refractivity contribution in [1.82, 2.24) is 20.2 Å². The summed E-state index contributed by atoms with van der Waals surface area (Å²) < 4.78 is 13.4. The highest BCUT2D eigenvalue weighted by atomic mass is 19.1. The standard InChI is InChI=1S/C14H12FN5O2/c15-7-3-8-9(4-11(7)21)18-13(17-8)12-10(5-16-20-12)19-14(22)6-1-2-6/h3-6,21H,1-2H2,(H,16,20)(H,17,18)(H,19,22). The summed E-state index contributed by atoms with van der Waals surface area (Å²) in [6, 6.07) is 2.41. The molecule has 1 aliphatic carbocycles. The maximum absolute atomic E-state index is 13.4. The van der Waals surface area contributed by atoms with Crippen molar-refractivity contribution in [2.24, 2.45) is 5.92 Å². The number of nitrogens with one attached hydrogen (secondary N) is 3. The first kappa shape index (κ1) is 12.8. The molecule has 7 nitrogen and oxygen atoms in total. The second-order valence-electron chi connectivity index (χ2n) is 5.33. The van der Waals surface area contributed by atoms with Crippen LogP contribution in [0.2, 0.25) is 0 Å². The third-order valence-corrected chi connectivity index (χ3v) is 3.63. The minimum absolute atomic E-state index is 0.0394. The molecular formula is C14H12FN5O2. The number of carbonyl (C=O) groups is 1. The molecule has 1 amide bonds. The Kier molecular flexibility index (Phi) is 2.65. The molecule has 0 aliphatic heterocycles. The number of hydrogen-bond acceptors (Lipinski definition) is 4. The fraction of sp³-hybridized carbons (Fsp3) is 0.214. The van der Waals surface area contributed by atoms with Gasteiger partial charge in [-0.2, -0.15) is 5.10 Å². The van der Waals surface area contributed by atoms with Crippen LogP contribution in [-0.2, 0) is 4.79 Å². The van der Waals surface area contributed by atoms with Crippen LogP contribution in [0.25, 0.3) is 22.6 Å². The Morgan fingerprint density at radius 1 is 1.41 bits per heavy atom. The van der Waals surface area contributed by atoms with Gasteiger partial charge in [-0.15, -0.1) is 0 Å². The molecule has 1 aromatic carbocycles. The van der Waals surface area contributed by atoms with Gasteiger partial charge < -0.3 is 15.4 Å². The minimum atomic E-state index is -0.727. The number of amides is 1. The summed E-state index contributed by atoms with van der Waals surface area (Å²) in [6.07, 6.45) is 3.31. The largest absolute Gasteiger partial charge is 0.505 e. The second kappa shape index (κ2) is 4.55. The quantitative estimate of drug-likeness (QED) is 0.594. The molecule has 0 radical (unpaired) electrons. The zero-order chi connectivity index (χ0) is 15.3. The number of anilines is 1. The Hall–Kier alpha value is -2.90. The normalized spacial score (nSPS) is 14.4. The summed E-state index contributed by atoms with van der Waals surface area (Å²) in [4.78, 5) is 19.1. The predicted octanol–water partition coefficient (Wildman–Crippen LogP) is 2.15. The average molecular weight is 301 g/mol. The summed E-state index contributed by atoms with van der Waals surface area (Å²) in [7, 11) is 0. The van der Waals surface area contributed by atoms with E-state index in [-0.39, 0.29) is 11.8 Å². The van der Waals surface area contributed by atoms with Gasteiger partial charge in [-0.3, -0.25) is 9.89 Å². The molecule has 4 rings (SSSR count). The van der Waals surface area contributed by atoms with Crippen molar-refractivity contribution in [3.8, 4) is 17.3 Å². The summed E-state index contributed by atoms with van der Waals surface area (Å²) in [5.74, 6) is -0.748. The molecule has 22 heavy (non-hydrogen) atoms. The topological polar surface area (TPSA) is 107 Å². The number of halogens is 1. The van der Waals surface area contributed by atoms with E-state index in [1.165, 1.54) is 18.3 Å². The second-order valence-corrected chi connectivity index (χ2v) is 5.33. The van der Waals surface area contributed by atoms with Crippen molar-refractivity contribution in [3.63, 3.8) is 0 Å². The number of carbonyl (C=O) groups excluding carboxylic acids is 1.